The van der Waals surface area contributed by atoms with E-state index in [1.54, 1.807) is 0 Å². The maximum Gasteiger partial charge on any atom is 0.416 e. The van der Waals surface area contributed by atoms with Crippen LogP contribution in [0, 0.1) is 11.7 Å². The van der Waals surface area contributed by atoms with Crippen LogP contribution in [0.15, 0.2) is 59.3 Å². The van der Waals surface area contributed by atoms with Gasteiger partial charge in [-0.25, -0.2) is 25.9 Å². The molecule has 2 unspecified atom stereocenters. The zero-order valence-electron chi connectivity index (χ0n) is 18.9. The van der Waals surface area contributed by atoms with E-state index in [1.807, 2.05) is 0 Å². The second-order valence-electron chi connectivity index (χ2n) is 8.23. The molecule has 0 saturated carbocycles. The fraction of sp³-hybridized carbons (Fsp3) is 0.364. The van der Waals surface area contributed by atoms with Gasteiger partial charge in [-0.1, -0.05) is 18.7 Å². The number of aliphatic hydroxyl groups is 1. The van der Waals surface area contributed by atoms with E-state index in [0.717, 1.165) is 5.41 Å². The second kappa shape index (κ2) is 10.9. The molecule has 36 heavy (non-hydrogen) atoms. The highest BCUT2D eigenvalue weighted by Gasteiger charge is 2.33. The number of aliphatic hydroxyl groups excluding tert-OH is 1. The number of rotatable bonds is 10. The molecule has 2 aromatic rings. The predicted molar refractivity (Wildman–Crippen MR) is 124 cm³/mol. The van der Waals surface area contributed by atoms with Crippen LogP contribution in [0.4, 0.5) is 17.6 Å². The first-order chi connectivity index (χ1) is 16.7. The minimum absolute atomic E-state index is 0.0466. The summed E-state index contributed by atoms with van der Waals surface area (Å²) >= 11 is 0. The topological polar surface area (TPSA) is 116 Å². The van der Waals surface area contributed by atoms with Gasteiger partial charge in [-0.15, -0.1) is 0 Å². The van der Waals surface area contributed by atoms with E-state index in [4.69, 9.17) is 0 Å². The van der Waals surface area contributed by atoms with Crippen molar-refractivity contribution in [2.24, 2.45) is 5.92 Å². The van der Waals surface area contributed by atoms with Gasteiger partial charge < -0.3 is 5.11 Å². The number of alkyl halides is 3. The highest BCUT2D eigenvalue weighted by atomic mass is 32.2. The SMILES string of the molecule is C=CS(=O)(=O)NCC1CCN(S(=O)(=O)c2ccc(C(O)NCc3cc(C(F)(F)F)ccc3F)cc2)C1. The van der Waals surface area contributed by atoms with E-state index in [-0.39, 0.29) is 41.6 Å². The highest BCUT2D eigenvalue weighted by molar-refractivity contribution is 7.92. The molecule has 3 rings (SSSR count). The smallest absolute Gasteiger partial charge is 0.374 e. The van der Waals surface area contributed by atoms with Crippen LogP contribution < -0.4 is 10.0 Å². The molecule has 0 radical (unpaired) electrons. The molecular weight excluding hydrogens is 526 g/mol. The van der Waals surface area contributed by atoms with E-state index in [0.29, 0.717) is 24.6 Å². The molecule has 2 atom stereocenters. The lowest BCUT2D eigenvalue weighted by molar-refractivity contribution is -0.137. The molecule has 2 aromatic carbocycles. The summed E-state index contributed by atoms with van der Waals surface area (Å²) in [7, 11) is -7.49. The summed E-state index contributed by atoms with van der Waals surface area (Å²) in [6.45, 7) is 3.20. The Hall–Kier alpha value is -2.36. The number of halogens is 4. The minimum atomic E-state index is -4.64. The van der Waals surface area contributed by atoms with Gasteiger partial charge in [0.15, 0.2) is 0 Å². The molecular formula is C22H25F4N3O5S2. The van der Waals surface area contributed by atoms with Crippen LogP contribution in [-0.4, -0.2) is 45.9 Å². The van der Waals surface area contributed by atoms with E-state index in [2.05, 4.69) is 16.6 Å². The number of benzene rings is 2. The van der Waals surface area contributed by atoms with E-state index in [9.17, 15) is 39.5 Å². The number of nitrogens with one attached hydrogen (secondary N) is 2. The molecule has 0 aliphatic carbocycles. The normalized spacial score (nSPS) is 18.3. The monoisotopic (exact) mass is 551 g/mol. The van der Waals surface area contributed by atoms with Gasteiger partial charge >= 0.3 is 6.18 Å². The van der Waals surface area contributed by atoms with E-state index < -0.39 is 50.4 Å². The van der Waals surface area contributed by atoms with Crippen LogP contribution in [0.3, 0.4) is 0 Å². The van der Waals surface area contributed by atoms with Crippen LogP contribution in [0.2, 0.25) is 0 Å². The summed E-state index contributed by atoms with van der Waals surface area (Å²) in [5.74, 6) is -1.08. The van der Waals surface area contributed by atoms with Crippen LogP contribution in [-0.2, 0) is 32.8 Å². The third-order valence-electron chi connectivity index (χ3n) is 5.73. The number of hydrogen-bond acceptors (Lipinski definition) is 6. The fourth-order valence-corrected chi connectivity index (χ4v) is 5.77. The average molecular weight is 552 g/mol. The molecule has 3 N–H and O–H groups in total. The van der Waals surface area contributed by atoms with E-state index >= 15 is 0 Å². The van der Waals surface area contributed by atoms with Crippen molar-refractivity contribution in [3.8, 4) is 0 Å². The fourth-order valence-electron chi connectivity index (χ4n) is 3.66. The third kappa shape index (κ3) is 6.89. The molecule has 0 spiro atoms. The molecule has 14 heteroatoms. The van der Waals surface area contributed by atoms with E-state index in [1.165, 1.54) is 28.6 Å². The first-order valence-electron chi connectivity index (χ1n) is 10.7. The summed E-state index contributed by atoms with van der Waals surface area (Å²) in [4.78, 5) is -0.0466. The van der Waals surface area contributed by atoms with Gasteiger partial charge in [-0.3, -0.25) is 5.32 Å². The number of hydrogen-bond donors (Lipinski definition) is 3. The Kier molecular flexibility index (Phi) is 8.58. The summed E-state index contributed by atoms with van der Waals surface area (Å²) in [5.41, 5.74) is -1.09. The van der Waals surface area contributed by atoms with Crippen molar-refractivity contribution in [1.82, 2.24) is 14.3 Å². The molecule has 0 bridgehead atoms. The minimum Gasteiger partial charge on any atom is -0.374 e. The molecule has 0 aromatic heterocycles. The van der Waals surface area contributed by atoms with Crippen molar-refractivity contribution >= 4 is 20.0 Å². The Balaban J connectivity index is 1.62. The van der Waals surface area contributed by atoms with Crippen molar-refractivity contribution in [3.05, 3.63) is 77.0 Å². The van der Waals surface area contributed by atoms with Gasteiger partial charge in [0.05, 0.1) is 10.5 Å². The number of sulfonamides is 2. The summed E-state index contributed by atoms with van der Waals surface area (Å²) < 4.78 is 105. The molecule has 8 nitrogen and oxygen atoms in total. The average Bonchev–Trinajstić information content (AvgIpc) is 3.32. The maximum atomic E-state index is 13.9. The summed E-state index contributed by atoms with van der Waals surface area (Å²) in [5, 5.41) is 13.6. The van der Waals surface area contributed by atoms with Crippen molar-refractivity contribution in [2.45, 2.75) is 30.3 Å². The largest absolute Gasteiger partial charge is 0.416 e. The number of nitrogens with zero attached hydrogens (tertiary/aromatic N) is 1. The van der Waals surface area contributed by atoms with Gasteiger partial charge in [0.25, 0.3) is 0 Å². The third-order valence-corrected chi connectivity index (χ3v) is 8.62. The zero-order valence-corrected chi connectivity index (χ0v) is 20.5. The molecule has 0 amide bonds. The molecule has 1 aliphatic rings. The molecule has 1 heterocycles. The quantitative estimate of drug-likeness (QED) is 0.309. The van der Waals surface area contributed by atoms with Gasteiger partial charge in [-0.05, 0) is 48.2 Å². The van der Waals surface area contributed by atoms with Crippen molar-refractivity contribution in [2.75, 3.05) is 19.6 Å². The molecule has 198 valence electrons. The van der Waals surface area contributed by atoms with Gasteiger partial charge in [-0.2, -0.15) is 17.5 Å². The first kappa shape index (κ1) is 28.2. The maximum absolute atomic E-state index is 13.9. The van der Waals surface area contributed by atoms with Crippen molar-refractivity contribution in [1.29, 1.82) is 0 Å². The zero-order chi connectivity index (χ0) is 26.7. The summed E-state index contributed by atoms with van der Waals surface area (Å²) in [6.07, 6.45) is -5.58. The lowest BCUT2D eigenvalue weighted by atomic mass is 10.1. The van der Waals surface area contributed by atoms with Crippen LogP contribution in [0.25, 0.3) is 0 Å². The van der Waals surface area contributed by atoms with Crippen LogP contribution >= 0.6 is 0 Å². The van der Waals surface area contributed by atoms with Crippen molar-refractivity contribution in [3.63, 3.8) is 0 Å². The first-order valence-corrected chi connectivity index (χ1v) is 13.7. The highest BCUT2D eigenvalue weighted by Crippen LogP contribution is 2.30. The Morgan fingerprint density at radius 1 is 1.14 bits per heavy atom. The standard InChI is InChI=1S/C22H25F4N3O5S2/c1-2-35(31,32)28-12-15-9-10-29(14-15)36(33,34)19-6-3-16(4-7-19)21(30)27-13-17-11-18(22(24,25)26)5-8-20(17)23/h2-8,11,15,21,27-28,30H,1,9-10,12-14H2. The Bertz CT molecular complexity index is 1300. The lowest BCUT2D eigenvalue weighted by Crippen LogP contribution is -2.32. The van der Waals surface area contributed by atoms with Gasteiger partial charge in [0.2, 0.25) is 20.0 Å². The van der Waals surface area contributed by atoms with Gasteiger partial charge in [0.1, 0.15) is 12.0 Å². The van der Waals surface area contributed by atoms with Crippen molar-refractivity contribution < 1.29 is 39.5 Å². The summed E-state index contributed by atoms with van der Waals surface area (Å²) in [6, 6.07) is 7.18. The van der Waals surface area contributed by atoms with Gasteiger partial charge in [0, 0.05) is 37.2 Å². The second-order valence-corrected chi connectivity index (χ2v) is 11.9. The van der Waals surface area contributed by atoms with Crippen LogP contribution in [0.1, 0.15) is 29.3 Å². The molecule has 1 aliphatic heterocycles. The Morgan fingerprint density at radius 3 is 2.42 bits per heavy atom. The predicted octanol–water partition coefficient (Wildman–Crippen LogP) is 2.70. The van der Waals surface area contributed by atoms with Crippen LogP contribution in [0.5, 0.6) is 0 Å². The Morgan fingerprint density at radius 2 is 1.81 bits per heavy atom. The molecule has 1 saturated heterocycles. The Labute approximate surface area is 206 Å². The molecule has 1 fully saturated rings. The lowest BCUT2D eigenvalue weighted by Gasteiger charge is -2.18.